The van der Waals surface area contributed by atoms with Crippen LogP contribution in [-0.2, 0) is 14.4 Å². The van der Waals surface area contributed by atoms with Crippen molar-refractivity contribution in [3.05, 3.63) is 36.4 Å². The molecule has 4 rings (SSSR count). The Hall–Kier alpha value is -2.83. The van der Waals surface area contributed by atoms with Gasteiger partial charge in [0, 0.05) is 44.8 Å². The number of carbonyl (C=O) groups excluding carboxylic acids is 3. The van der Waals surface area contributed by atoms with Crippen molar-refractivity contribution in [1.82, 2.24) is 9.80 Å². The van der Waals surface area contributed by atoms with Gasteiger partial charge in [0.1, 0.15) is 5.75 Å². The average Bonchev–Trinajstić information content (AvgIpc) is 3.02. The fraction of sp³-hybridized carbons (Fsp3) is 0.500. The summed E-state index contributed by atoms with van der Waals surface area (Å²) in [5.41, 5.74) is 1.11. The van der Waals surface area contributed by atoms with E-state index in [-0.39, 0.29) is 42.5 Å². The highest BCUT2D eigenvalue weighted by molar-refractivity contribution is 6.05. The number of rotatable bonds is 5. The van der Waals surface area contributed by atoms with Gasteiger partial charge in [-0.05, 0) is 37.1 Å². The van der Waals surface area contributed by atoms with Crippen LogP contribution in [0.5, 0.6) is 5.75 Å². The zero-order chi connectivity index (χ0) is 20.4. The summed E-state index contributed by atoms with van der Waals surface area (Å²) in [5.74, 6) is 0.159. The summed E-state index contributed by atoms with van der Waals surface area (Å²) in [6.45, 7) is 3.00. The molecular weight excluding hydrogens is 370 g/mol. The van der Waals surface area contributed by atoms with Crippen molar-refractivity contribution >= 4 is 23.4 Å². The summed E-state index contributed by atoms with van der Waals surface area (Å²) >= 11 is 0. The van der Waals surface area contributed by atoms with Gasteiger partial charge in [0.15, 0.2) is 0 Å². The molecule has 2 atom stereocenters. The molecule has 0 radical (unpaired) electrons. The molecule has 3 aliphatic rings. The number of hydrogen-bond acceptors (Lipinski definition) is 5. The fourth-order valence-corrected chi connectivity index (χ4v) is 4.46. The predicted octanol–water partition coefficient (Wildman–Crippen LogP) is 1.69. The van der Waals surface area contributed by atoms with Crippen LogP contribution in [0.3, 0.4) is 0 Å². The third kappa shape index (κ3) is 3.86. The Morgan fingerprint density at radius 3 is 2.10 bits per heavy atom. The highest BCUT2D eigenvalue weighted by Crippen LogP contribution is 2.35. The molecule has 0 spiro atoms. The Balaban J connectivity index is 1.27. The van der Waals surface area contributed by atoms with Gasteiger partial charge < -0.3 is 14.5 Å². The molecule has 3 amide bonds. The van der Waals surface area contributed by atoms with Crippen LogP contribution in [0.2, 0.25) is 0 Å². The second-order valence-corrected chi connectivity index (χ2v) is 7.80. The Bertz CT molecular complexity index is 786. The lowest BCUT2D eigenvalue weighted by atomic mass is 9.85. The van der Waals surface area contributed by atoms with Crippen molar-refractivity contribution in [2.45, 2.75) is 19.3 Å². The zero-order valence-corrected chi connectivity index (χ0v) is 16.8. The minimum atomic E-state index is -0.226. The minimum Gasteiger partial charge on any atom is -0.497 e. The van der Waals surface area contributed by atoms with E-state index in [1.807, 2.05) is 41.3 Å². The molecule has 2 heterocycles. The maximum absolute atomic E-state index is 12.6. The minimum absolute atomic E-state index is 0.00739. The van der Waals surface area contributed by atoms with Crippen molar-refractivity contribution < 1.29 is 19.1 Å². The number of anilines is 1. The van der Waals surface area contributed by atoms with E-state index < -0.39 is 0 Å². The molecule has 0 N–H and O–H groups in total. The molecule has 2 aliphatic heterocycles. The van der Waals surface area contributed by atoms with E-state index >= 15 is 0 Å². The van der Waals surface area contributed by atoms with Crippen LogP contribution in [0.1, 0.15) is 19.3 Å². The van der Waals surface area contributed by atoms with Gasteiger partial charge in [-0.15, -0.1) is 0 Å². The third-order valence-electron chi connectivity index (χ3n) is 6.22. The van der Waals surface area contributed by atoms with Crippen LogP contribution in [0.4, 0.5) is 5.69 Å². The van der Waals surface area contributed by atoms with Gasteiger partial charge in [-0.1, -0.05) is 12.2 Å². The van der Waals surface area contributed by atoms with Gasteiger partial charge in [-0.2, -0.15) is 0 Å². The topological polar surface area (TPSA) is 70.2 Å². The van der Waals surface area contributed by atoms with E-state index in [0.717, 1.165) is 24.5 Å². The molecule has 1 aromatic carbocycles. The van der Waals surface area contributed by atoms with Crippen LogP contribution >= 0.6 is 0 Å². The smallest absolute Gasteiger partial charge is 0.233 e. The highest BCUT2D eigenvalue weighted by Gasteiger charge is 2.47. The third-order valence-corrected chi connectivity index (χ3v) is 6.22. The van der Waals surface area contributed by atoms with Crippen molar-refractivity contribution in [1.29, 1.82) is 0 Å². The molecule has 0 aromatic heterocycles. The van der Waals surface area contributed by atoms with Crippen LogP contribution in [-0.4, -0.2) is 67.4 Å². The fourth-order valence-electron chi connectivity index (χ4n) is 4.46. The van der Waals surface area contributed by atoms with Crippen LogP contribution in [0.25, 0.3) is 0 Å². The van der Waals surface area contributed by atoms with Gasteiger partial charge in [-0.3, -0.25) is 19.3 Å². The van der Waals surface area contributed by atoms with Crippen molar-refractivity contribution in [3.8, 4) is 5.75 Å². The van der Waals surface area contributed by atoms with E-state index in [1.165, 1.54) is 4.90 Å². The van der Waals surface area contributed by atoms with Crippen molar-refractivity contribution in [2.75, 3.05) is 44.7 Å². The zero-order valence-electron chi connectivity index (χ0n) is 16.8. The maximum atomic E-state index is 12.6. The number of imide groups is 1. The standard InChI is InChI=1S/C22H27N3O4/c1-29-17-8-6-16(7-9-17)23-12-14-24(15-13-23)20(26)10-11-25-21(27)18-4-2-3-5-19(18)22(25)28/h2-3,6-9,18-19H,4-5,10-15H2,1H3/t18-,19+. The monoisotopic (exact) mass is 397 g/mol. The summed E-state index contributed by atoms with van der Waals surface area (Å²) in [7, 11) is 1.65. The van der Waals surface area contributed by atoms with E-state index in [4.69, 9.17) is 4.74 Å². The van der Waals surface area contributed by atoms with Crippen LogP contribution in [0.15, 0.2) is 36.4 Å². The molecule has 2 fully saturated rings. The second-order valence-electron chi connectivity index (χ2n) is 7.80. The Morgan fingerprint density at radius 2 is 1.55 bits per heavy atom. The normalized spacial score (nSPS) is 24.1. The van der Waals surface area contributed by atoms with E-state index in [0.29, 0.717) is 25.9 Å². The Morgan fingerprint density at radius 1 is 0.966 bits per heavy atom. The van der Waals surface area contributed by atoms with E-state index in [1.54, 1.807) is 7.11 Å². The molecule has 1 aliphatic carbocycles. The predicted molar refractivity (Wildman–Crippen MR) is 108 cm³/mol. The molecule has 1 aromatic rings. The van der Waals surface area contributed by atoms with Gasteiger partial charge in [0.25, 0.3) is 0 Å². The molecule has 29 heavy (non-hydrogen) atoms. The number of fused-ring (bicyclic) bond motifs is 1. The molecule has 154 valence electrons. The van der Waals surface area contributed by atoms with Crippen LogP contribution in [0, 0.1) is 11.8 Å². The number of ether oxygens (including phenoxy) is 1. The largest absolute Gasteiger partial charge is 0.497 e. The number of benzene rings is 1. The van der Waals surface area contributed by atoms with Gasteiger partial charge in [0.05, 0.1) is 18.9 Å². The lowest BCUT2D eigenvalue weighted by Crippen LogP contribution is -2.49. The lowest BCUT2D eigenvalue weighted by molar-refractivity contribution is -0.140. The quantitative estimate of drug-likeness (QED) is 0.559. The maximum Gasteiger partial charge on any atom is 0.233 e. The molecule has 7 heteroatoms. The van der Waals surface area contributed by atoms with E-state index in [9.17, 15) is 14.4 Å². The first kappa shape index (κ1) is 19.5. The highest BCUT2D eigenvalue weighted by atomic mass is 16.5. The number of carbonyl (C=O) groups is 3. The first-order valence-electron chi connectivity index (χ1n) is 10.3. The number of allylic oxidation sites excluding steroid dienone is 2. The number of amides is 3. The summed E-state index contributed by atoms with van der Waals surface area (Å²) < 4.78 is 5.19. The molecule has 0 unspecified atom stereocenters. The molecular formula is C22H27N3O4. The SMILES string of the molecule is COc1ccc(N2CCN(C(=O)CCN3C(=O)[C@H]4CC=CC[C@H]4C3=O)CC2)cc1. The molecule has 0 bridgehead atoms. The summed E-state index contributed by atoms with van der Waals surface area (Å²) in [6.07, 6.45) is 5.42. The van der Waals surface area contributed by atoms with Gasteiger partial charge in [0.2, 0.25) is 17.7 Å². The molecule has 2 saturated heterocycles. The first-order valence-corrected chi connectivity index (χ1v) is 10.3. The number of nitrogens with zero attached hydrogens (tertiary/aromatic N) is 3. The van der Waals surface area contributed by atoms with Gasteiger partial charge in [-0.25, -0.2) is 0 Å². The number of methoxy groups -OCH3 is 1. The van der Waals surface area contributed by atoms with Crippen LogP contribution < -0.4 is 9.64 Å². The van der Waals surface area contributed by atoms with Gasteiger partial charge >= 0.3 is 0 Å². The summed E-state index contributed by atoms with van der Waals surface area (Å²) in [6, 6.07) is 7.92. The lowest BCUT2D eigenvalue weighted by Gasteiger charge is -2.36. The molecule has 0 saturated carbocycles. The number of likely N-dealkylation sites (tertiary alicyclic amines) is 1. The van der Waals surface area contributed by atoms with Crippen molar-refractivity contribution in [3.63, 3.8) is 0 Å². The molecule has 7 nitrogen and oxygen atoms in total. The Kier molecular flexibility index (Phi) is 5.56. The second kappa shape index (κ2) is 8.27. The van der Waals surface area contributed by atoms with E-state index in [2.05, 4.69) is 4.90 Å². The Labute approximate surface area is 170 Å². The average molecular weight is 397 g/mol. The number of piperazine rings is 1. The number of hydrogen-bond donors (Lipinski definition) is 0. The summed E-state index contributed by atoms with van der Waals surface area (Å²) in [5, 5.41) is 0. The first-order chi connectivity index (χ1) is 14.1. The summed E-state index contributed by atoms with van der Waals surface area (Å²) in [4.78, 5) is 43.1. The van der Waals surface area contributed by atoms with Crippen molar-refractivity contribution in [2.24, 2.45) is 11.8 Å².